The predicted molar refractivity (Wildman–Crippen MR) is 214 cm³/mol. The van der Waals surface area contributed by atoms with Gasteiger partial charge in [-0.25, -0.2) is 0 Å². The first kappa shape index (κ1) is 42.1. The van der Waals surface area contributed by atoms with Gasteiger partial charge in [-0.1, -0.05) is 125 Å². The number of nitrogens with zero attached hydrogens (tertiary/aromatic N) is 1. The fraction of sp³-hybridized carbons (Fsp3) is 0.978. The van der Waals surface area contributed by atoms with Gasteiger partial charge in [0.1, 0.15) is 0 Å². The third-order valence-corrected chi connectivity index (χ3v) is 15.6. The molecule has 0 unspecified atom stereocenters. The summed E-state index contributed by atoms with van der Waals surface area (Å²) in [5.41, 5.74) is 0.919. The van der Waals surface area contributed by atoms with Gasteiger partial charge in [0, 0.05) is 19.5 Å². The van der Waals surface area contributed by atoms with Crippen molar-refractivity contribution in [2.45, 2.75) is 214 Å². The average molecular weight is 699 g/mol. The first-order chi connectivity index (χ1) is 24.2. The molecular formula is C46H86N2O2. The van der Waals surface area contributed by atoms with Crippen LogP contribution in [0, 0.1) is 46.3 Å². The molecule has 0 bridgehead atoms. The van der Waals surface area contributed by atoms with Gasteiger partial charge >= 0.3 is 0 Å². The third-order valence-electron chi connectivity index (χ3n) is 15.6. The van der Waals surface area contributed by atoms with E-state index in [-0.39, 0.29) is 12.0 Å². The Labute approximate surface area is 311 Å². The monoisotopic (exact) mass is 699 g/mol. The highest BCUT2D eigenvalue weighted by atomic mass is 16.3. The van der Waals surface area contributed by atoms with Crippen LogP contribution in [-0.4, -0.2) is 48.2 Å². The molecule has 4 aliphatic carbocycles. The van der Waals surface area contributed by atoms with Crippen molar-refractivity contribution < 1.29 is 9.90 Å². The van der Waals surface area contributed by atoms with Crippen LogP contribution >= 0.6 is 0 Å². The molecule has 2 N–H and O–H groups in total. The van der Waals surface area contributed by atoms with Crippen molar-refractivity contribution in [1.29, 1.82) is 0 Å². The normalized spacial score (nSPS) is 32.8. The topological polar surface area (TPSA) is 52.6 Å². The van der Waals surface area contributed by atoms with Gasteiger partial charge in [0.05, 0.1) is 6.10 Å². The lowest BCUT2D eigenvalue weighted by Gasteiger charge is -2.61. The van der Waals surface area contributed by atoms with Crippen LogP contribution in [-0.2, 0) is 4.79 Å². The zero-order valence-electron chi connectivity index (χ0n) is 34.3. The predicted octanol–water partition coefficient (Wildman–Crippen LogP) is 12.1. The van der Waals surface area contributed by atoms with E-state index in [0.29, 0.717) is 23.2 Å². The molecule has 0 aromatic carbocycles. The number of fused-ring (bicyclic) bond motifs is 5. The minimum atomic E-state index is -0.0502. The molecule has 4 nitrogen and oxygen atoms in total. The number of hydrogen-bond acceptors (Lipinski definition) is 3. The minimum absolute atomic E-state index is 0.0502. The number of aliphatic hydroxyl groups is 1. The summed E-state index contributed by atoms with van der Waals surface area (Å²) in [5, 5.41) is 13.8. The molecule has 4 fully saturated rings. The van der Waals surface area contributed by atoms with Gasteiger partial charge in [0.25, 0.3) is 0 Å². The number of nitrogens with one attached hydrogen (secondary N) is 1. The van der Waals surface area contributed by atoms with Crippen molar-refractivity contribution in [2.75, 3.05) is 26.2 Å². The number of carbonyl (C=O) groups is 1. The molecule has 0 heterocycles. The van der Waals surface area contributed by atoms with Gasteiger partial charge < -0.3 is 15.3 Å². The lowest BCUT2D eigenvalue weighted by molar-refractivity contribution is -0.129. The highest BCUT2D eigenvalue weighted by molar-refractivity contribution is 5.75. The Kier molecular flexibility index (Phi) is 18.5. The summed E-state index contributed by atoms with van der Waals surface area (Å²) in [6.07, 6.45) is 35.3. The summed E-state index contributed by atoms with van der Waals surface area (Å²) >= 11 is 0. The van der Waals surface area contributed by atoms with E-state index in [0.717, 1.165) is 61.9 Å². The Morgan fingerprint density at radius 3 is 1.88 bits per heavy atom. The fourth-order valence-electron chi connectivity index (χ4n) is 12.5. The van der Waals surface area contributed by atoms with E-state index in [1.165, 1.54) is 161 Å². The summed E-state index contributed by atoms with van der Waals surface area (Å²) in [6.45, 7) is 16.6. The fourth-order valence-corrected chi connectivity index (χ4v) is 12.5. The van der Waals surface area contributed by atoms with E-state index in [2.05, 4.69) is 44.8 Å². The number of unbranched alkanes of at least 4 members (excludes halogenated alkanes) is 14. The largest absolute Gasteiger partial charge is 0.393 e. The molecule has 0 spiro atoms. The molecule has 4 saturated carbocycles. The number of rotatable bonds is 25. The van der Waals surface area contributed by atoms with Gasteiger partial charge in [0.2, 0.25) is 5.91 Å². The molecule has 0 radical (unpaired) electrons. The Bertz CT molecular complexity index is 919. The van der Waals surface area contributed by atoms with E-state index < -0.39 is 0 Å². The summed E-state index contributed by atoms with van der Waals surface area (Å²) in [6, 6.07) is 0. The molecule has 0 aliphatic heterocycles. The Morgan fingerprint density at radius 2 is 1.26 bits per heavy atom. The Balaban J connectivity index is 1.16. The lowest BCUT2D eigenvalue weighted by atomic mass is 9.44. The van der Waals surface area contributed by atoms with E-state index >= 15 is 0 Å². The highest BCUT2D eigenvalue weighted by Gasteiger charge is 2.60. The second-order valence-electron chi connectivity index (χ2n) is 19.0. The van der Waals surface area contributed by atoms with Crippen LogP contribution in [0.5, 0.6) is 0 Å². The molecule has 50 heavy (non-hydrogen) atoms. The molecular weight excluding hydrogens is 613 g/mol. The first-order valence-electron chi connectivity index (χ1n) is 22.9. The molecule has 9 atom stereocenters. The molecule has 292 valence electrons. The minimum Gasteiger partial charge on any atom is -0.393 e. The van der Waals surface area contributed by atoms with E-state index in [9.17, 15) is 9.90 Å². The maximum absolute atomic E-state index is 13.2. The number of aliphatic hydroxyl groups excluding tert-OH is 1. The van der Waals surface area contributed by atoms with Crippen molar-refractivity contribution in [3.05, 3.63) is 0 Å². The highest BCUT2D eigenvalue weighted by Crippen LogP contribution is 2.68. The molecule has 0 aromatic rings. The van der Waals surface area contributed by atoms with Crippen LogP contribution < -0.4 is 5.32 Å². The maximum atomic E-state index is 13.2. The third kappa shape index (κ3) is 11.9. The van der Waals surface area contributed by atoms with Crippen molar-refractivity contribution >= 4 is 5.91 Å². The number of hydrogen-bond donors (Lipinski definition) is 2. The second-order valence-corrected chi connectivity index (χ2v) is 19.0. The van der Waals surface area contributed by atoms with Gasteiger partial charge in [0.15, 0.2) is 0 Å². The van der Waals surface area contributed by atoms with Gasteiger partial charge in [-0.15, -0.1) is 0 Å². The average Bonchev–Trinajstić information content (AvgIpc) is 3.46. The second kappa shape index (κ2) is 21.9. The Morgan fingerprint density at radius 1 is 0.700 bits per heavy atom. The van der Waals surface area contributed by atoms with Crippen LogP contribution in [0.25, 0.3) is 0 Å². The Hall–Kier alpha value is -0.610. The number of carbonyl (C=O) groups excluding carboxylic acids is 1. The van der Waals surface area contributed by atoms with E-state index in [1.807, 2.05) is 0 Å². The molecule has 0 saturated heterocycles. The van der Waals surface area contributed by atoms with Crippen LogP contribution in [0.3, 0.4) is 0 Å². The SMILES string of the molecule is CCCCCCCCCCN(CCCCCCCCCC)CCNC(=O)CC[C@@H](C)[C@H]1CC[C@H]2[C@@H]3CC[C@@H]4C[C@H](O)CC[C@]4(C)[C@H]3CC[C@]12C. The molecule has 4 rings (SSSR count). The molecule has 4 aliphatic rings. The standard InChI is InChI=1S/C46H86N2O2/c1-6-8-10-12-14-16-18-20-33-48(34-21-19-17-15-13-11-9-7-2)35-32-47-44(50)27-22-37(3)41-25-26-42-40-24-23-38-36-39(49)28-30-45(38,4)43(40)29-31-46(41,42)5/h37-43,49H,6-36H2,1-5H3,(H,47,50)/t37-,38-,39-,40+,41-,42+,43+,45+,46-/m1/s1. The van der Waals surface area contributed by atoms with Crippen molar-refractivity contribution in [3.8, 4) is 0 Å². The number of amides is 1. The van der Waals surface area contributed by atoms with Crippen molar-refractivity contribution in [2.24, 2.45) is 46.3 Å². The van der Waals surface area contributed by atoms with Gasteiger partial charge in [-0.05, 0) is 136 Å². The van der Waals surface area contributed by atoms with Crippen LogP contribution in [0.4, 0.5) is 0 Å². The first-order valence-corrected chi connectivity index (χ1v) is 22.9. The molecule has 0 aromatic heterocycles. The maximum Gasteiger partial charge on any atom is 0.220 e. The zero-order chi connectivity index (χ0) is 35.8. The van der Waals surface area contributed by atoms with E-state index in [4.69, 9.17) is 0 Å². The lowest BCUT2D eigenvalue weighted by Crippen LogP contribution is -2.54. The molecule has 1 amide bonds. The molecule has 4 heteroatoms. The van der Waals surface area contributed by atoms with E-state index in [1.54, 1.807) is 0 Å². The quantitative estimate of drug-likeness (QED) is 0.0933. The summed E-state index contributed by atoms with van der Waals surface area (Å²) < 4.78 is 0. The van der Waals surface area contributed by atoms with Crippen LogP contribution in [0.1, 0.15) is 208 Å². The summed E-state index contributed by atoms with van der Waals surface area (Å²) in [4.78, 5) is 15.8. The smallest absolute Gasteiger partial charge is 0.220 e. The van der Waals surface area contributed by atoms with Crippen LogP contribution in [0.2, 0.25) is 0 Å². The van der Waals surface area contributed by atoms with Gasteiger partial charge in [-0.2, -0.15) is 0 Å². The van der Waals surface area contributed by atoms with Crippen LogP contribution in [0.15, 0.2) is 0 Å². The van der Waals surface area contributed by atoms with Crippen molar-refractivity contribution in [1.82, 2.24) is 10.2 Å². The zero-order valence-corrected chi connectivity index (χ0v) is 34.3. The van der Waals surface area contributed by atoms with Gasteiger partial charge in [-0.3, -0.25) is 4.79 Å². The summed E-state index contributed by atoms with van der Waals surface area (Å²) in [5.74, 6) is 5.07. The van der Waals surface area contributed by atoms with Crippen molar-refractivity contribution in [3.63, 3.8) is 0 Å². The summed E-state index contributed by atoms with van der Waals surface area (Å²) in [7, 11) is 0.